The molecule has 0 saturated carbocycles. The van der Waals surface area contributed by atoms with Crippen molar-refractivity contribution in [3.63, 3.8) is 0 Å². The Hall–Kier alpha value is -1.39. The molecule has 1 aliphatic rings. The van der Waals surface area contributed by atoms with Gasteiger partial charge in [0.2, 0.25) is 5.91 Å². The number of carbonyl (C=O) groups excluding carboxylic acids is 1. The van der Waals surface area contributed by atoms with Crippen molar-refractivity contribution in [2.24, 2.45) is 5.73 Å². The van der Waals surface area contributed by atoms with Crippen LogP contribution in [-0.4, -0.2) is 31.1 Å². The van der Waals surface area contributed by atoms with Gasteiger partial charge in [0, 0.05) is 18.7 Å². The van der Waals surface area contributed by atoms with Crippen molar-refractivity contribution in [2.75, 3.05) is 20.1 Å². The number of hydrogen-bond acceptors (Lipinski definition) is 3. The van der Waals surface area contributed by atoms with Crippen LogP contribution in [-0.2, 0) is 0 Å². The Balaban J connectivity index is 2.01. The Kier molecular flexibility index (Phi) is 3.76. The summed E-state index contributed by atoms with van der Waals surface area (Å²) in [5.74, 6) is 0.239. The number of rotatable bonds is 3. The quantitative estimate of drug-likeness (QED) is 0.822. The third-order valence-electron chi connectivity index (χ3n) is 3.48. The zero-order valence-electron chi connectivity index (χ0n) is 10.1. The second kappa shape index (κ2) is 5.29. The van der Waals surface area contributed by atoms with E-state index in [2.05, 4.69) is 10.4 Å². The Morgan fingerprint density at radius 2 is 1.88 bits per heavy atom. The van der Waals surface area contributed by atoms with Crippen molar-refractivity contribution in [3.8, 4) is 0 Å². The van der Waals surface area contributed by atoms with Gasteiger partial charge in [-0.05, 0) is 43.5 Å². The van der Waals surface area contributed by atoms with Gasteiger partial charge in [0.15, 0.2) is 0 Å². The molecule has 4 heteroatoms. The molecule has 0 radical (unpaired) electrons. The molecule has 0 unspecified atom stereocenters. The molecule has 0 aliphatic carbocycles. The van der Waals surface area contributed by atoms with Crippen LogP contribution in [0.4, 0.5) is 0 Å². The maximum atomic E-state index is 11.0. The monoisotopic (exact) mass is 233 g/mol. The first kappa shape index (κ1) is 12.1. The van der Waals surface area contributed by atoms with Crippen LogP contribution in [0.2, 0.25) is 0 Å². The molecule has 1 aromatic rings. The van der Waals surface area contributed by atoms with E-state index in [1.54, 1.807) is 0 Å². The molecule has 1 amide bonds. The molecule has 0 atom stereocenters. The minimum atomic E-state index is -0.360. The van der Waals surface area contributed by atoms with E-state index in [1.165, 1.54) is 5.56 Å². The highest BCUT2D eigenvalue weighted by molar-refractivity contribution is 5.92. The van der Waals surface area contributed by atoms with Crippen molar-refractivity contribution in [1.82, 2.24) is 10.4 Å². The largest absolute Gasteiger partial charge is 0.366 e. The molecule has 4 nitrogen and oxygen atoms in total. The summed E-state index contributed by atoms with van der Waals surface area (Å²) in [7, 11) is 1.96. The van der Waals surface area contributed by atoms with E-state index in [1.807, 2.05) is 31.3 Å². The number of carbonyl (C=O) groups is 1. The summed E-state index contributed by atoms with van der Waals surface area (Å²) >= 11 is 0. The highest BCUT2D eigenvalue weighted by Gasteiger charge is 2.19. The molecular weight excluding hydrogens is 214 g/mol. The van der Waals surface area contributed by atoms with Crippen LogP contribution in [0.5, 0.6) is 0 Å². The van der Waals surface area contributed by atoms with Crippen molar-refractivity contribution in [3.05, 3.63) is 35.4 Å². The molecule has 0 spiro atoms. The zero-order valence-corrected chi connectivity index (χ0v) is 10.1. The van der Waals surface area contributed by atoms with Gasteiger partial charge in [0.05, 0.1) is 0 Å². The Bertz CT molecular complexity index is 380. The van der Waals surface area contributed by atoms with Crippen molar-refractivity contribution in [1.29, 1.82) is 0 Å². The molecule has 1 saturated heterocycles. The second-order valence-corrected chi connectivity index (χ2v) is 4.47. The molecular formula is C13H19N3O. The van der Waals surface area contributed by atoms with Crippen LogP contribution >= 0.6 is 0 Å². The van der Waals surface area contributed by atoms with Crippen LogP contribution in [0, 0.1) is 0 Å². The first-order valence-electron chi connectivity index (χ1n) is 6.03. The van der Waals surface area contributed by atoms with E-state index in [9.17, 15) is 4.79 Å². The van der Waals surface area contributed by atoms with Gasteiger partial charge in [-0.1, -0.05) is 12.1 Å². The van der Waals surface area contributed by atoms with Crippen LogP contribution < -0.4 is 11.2 Å². The second-order valence-electron chi connectivity index (χ2n) is 4.47. The van der Waals surface area contributed by atoms with E-state index in [4.69, 9.17) is 5.73 Å². The summed E-state index contributed by atoms with van der Waals surface area (Å²) in [5, 5.41) is 2.23. The molecule has 1 fully saturated rings. The van der Waals surface area contributed by atoms with Gasteiger partial charge in [-0.2, -0.15) is 0 Å². The van der Waals surface area contributed by atoms with Gasteiger partial charge in [0.1, 0.15) is 0 Å². The maximum absolute atomic E-state index is 11.0. The number of nitrogens with two attached hydrogens (primary N) is 1. The zero-order chi connectivity index (χ0) is 12.3. The third-order valence-corrected chi connectivity index (χ3v) is 3.48. The summed E-state index contributed by atoms with van der Waals surface area (Å²) in [6, 6.07) is 7.70. The van der Waals surface area contributed by atoms with Gasteiger partial charge >= 0.3 is 0 Å². The van der Waals surface area contributed by atoms with Gasteiger partial charge < -0.3 is 5.73 Å². The lowest BCUT2D eigenvalue weighted by molar-refractivity contribution is 0.1000. The van der Waals surface area contributed by atoms with E-state index in [0.29, 0.717) is 11.5 Å². The number of nitrogens with one attached hydrogen (secondary N) is 1. The number of amides is 1. The van der Waals surface area contributed by atoms with Crippen LogP contribution in [0.1, 0.15) is 34.7 Å². The fraction of sp³-hybridized carbons (Fsp3) is 0.462. The molecule has 1 heterocycles. The van der Waals surface area contributed by atoms with Gasteiger partial charge in [-0.25, -0.2) is 5.01 Å². The van der Waals surface area contributed by atoms with Gasteiger partial charge in [0.25, 0.3) is 0 Å². The summed E-state index contributed by atoms with van der Waals surface area (Å²) in [4.78, 5) is 11.0. The Labute approximate surface area is 102 Å². The Morgan fingerprint density at radius 1 is 1.29 bits per heavy atom. The number of hydrogen-bond donors (Lipinski definition) is 2. The van der Waals surface area contributed by atoms with Crippen molar-refractivity contribution >= 4 is 5.91 Å². The molecule has 1 aliphatic heterocycles. The lowest BCUT2D eigenvalue weighted by atomic mass is 9.89. The van der Waals surface area contributed by atoms with E-state index in [0.717, 1.165) is 25.9 Å². The number of primary amides is 1. The number of benzene rings is 1. The molecule has 1 aromatic carbocycles. The lowest BCUT2D eigenvalue weighted by Crippen LogP contribution is -2.40. The number of hydrazine groups is 1. The van der Waals surface area contributed by atoms with Gasteiger partial charge in [-0.3, -0.25) is 10.2 Å². The number of piperidine rings is 1. The molecule has 0 aromatic heterocycles. The lowest BCUT2D eigenvalue weighted by Gasteiger charge is -2.31. The Morgan fingerprint density at radius 3 is 2.35 bits per heavy atom. The molecule has 92 valence electrons. The SMILES string of the molecule is CNN1CCC(c2ccc(C(N)=O)cc2)CC1. The third kappa shape index (κ3) is 2.84. The van der Waals surface area contributed by atoms with Crippen LogP contribution in [0.3, 0.4) is 0 Å². The fourth-order valence-corrected chi connectivity index (χ4v) is 2.36. The normalized spacial score (nSPS) is 18.2. The average molecular weight is 233 g/mol. The van der Waals surface area contributed by atoms with E-state index >= 15 is 0 Å². The van der Waals surface area contributed by atoms with E-state index in [-0.39, 0.29) is 5.91 Å². The fourth-order valence-electron chi connectivity index (χ4n) is 2.36. The number of nitrogens with zero attached hydrogens (tertiary/aromatic N) is 1. The van der Waals surface area contributed by atoms with Gasteiger partial charge in [-0.15, -0.1) is 0 Å². The standard InChI is InChI=1S/C13H19N3O/c1-15-16-8-6-11(7-9-16)10-2-4-12(5-3-10)13(14)17/h2-5,11,15H,6-9H2,1H3,(H2,14,17). The minimum absolute atomic E-state index is 0.360. The molecule has 2 rings (SSSR count). The minimum Gasteiger partial charge on any atom is -0.366 e. The highest BCUT2D eigenvalue weighted by Crippen LogP contribution is 2.27. The molecule has 3 N–H and O–H groups in total. The van der Waals surface area contributed by atoms with Crippen molar-refractivity contribution in [2.45, 2.75) is 18.8 Å². The highest BCUT2D eigenvalue weighted by atomic mass is 16.1. The predicted molar refractivity (Wildman–Crippen MR) is 67.6 cm³/mol. The smallest absolute Gasteiger partial charge is 0.248 e. The van der Waals surface area contributed by atoms with Crippen LogP contribution in [0.25, 0.3) is 0 Å². The average Bonchev–Trinajstić information content (AvgIpc) is 2.39. The predicted octanol–water partition coefficient (Wildman–Crippen LogP) is 1.10. The summed E-state index contributed by atoms with van der Waals surface area (Å²) in [5.41, 5.74) is 10.3. The summed E-state index contributed by atoms with van der Waals surface area (Å²) in [6.07, 6.45) is 2.30. The maximum Gasteiger partial charge on any atom is 0.248 e. The molecule has 0 bridgehead atoms. The van der Waals surface area contributed by atoms with E-state index < -0.39 is 0 Å². The topological polar surface area (TPSA) is 58.4 Å². The first-order chi connectivity index (χ1) is 8.20. The summed E-state index contributed by atoms with van der Waals surface area (Å²) < 4.78 is 0. The molecule has 17 heavy (non-hydrogen) atoms. The summed E-state index contributed by atoms with van der Waals surface area (Å²) in [6.45, 7) is 2.14. The first-order valence-corrected chi connectivity index (χ1v) is 6.03. The van der Waals surface area contributed by atoms with Crippen molar-refractivity contribution < 1.29 is 4.79 Å². The van der Waals surface area contributed by atoms with Crippen LogP contribution in [0.15, 0.2) is 24.3 Å².